The molecule has 88 valence electrons. The monoisotopic (exact) mass is 224 g/mol. The molecule has 0 aromatic rings. The summed E-state index contributed by atoms with van der Waals surface area (Å²) < 4.78 is 0. The van der Waals surface area contributed by atoms with E-state index in [1.165, 1.54) is 38.5 Å². The second-order valence-corrected chi connectivity index (χ2v) is 9.53. The Morgan fingerprint density at radius 1 is 1.07 bits per heavy atom. The molecule has 1 heterocycles. The molecule has 1 unspecified atom stereocenters. The normalized spacial score (nSPS) is 26.2. The maximum Gasteiger partial charge on any atom is 0.262 e. The van der Waals surface area contributed by atoms with Crippen LogP contribution in [0.1, 0.15) is 65.7 Å². The van der Waals surface area contributed by atoms with E-state index < -0.39 is 0 Å². The van der Waals surface area contributed by atoms with Crippen LogP contribution in [0.15, 0.2) is 0 Å². The average molecular weight is 224 g/mol. The summed E-state index contributed by atoms with van der Waals surface area (Å²) in [4.78, 5) is 0. The highest BCUT2D eigenvalue weighted by Crippen LogP contribution is 2.43. The van der Waals surface area contributed by atoms with Crippen LogP contribution in [0.4, 0.5) is 0 Å². The van der Waals surface area contributed by atoms with E-state index in [2.05, 4.69) is 20.8 Å². The Kier molecular flexibility index (Phi) is 6.32. The van der Waals surface area contributed by atoms with E-state index in [1.54, 1.807) is 22.3 Å². The predicted octanol–water partition coefficient (Wildman–Crippen LogP) is 5.27. The molecule has 0 radical (unpaired) electrons. The van der Waals surface area contributed by atoms with E-state index in [-0.39, 0.29) is 14.1 Å². The molecule has 1 atom stereocenters. The Labute approximate surface area is 101 Å². The fourth-order valence-electron chi connectivity index (χ4n) is 3.18. The molecular formula is C14H29Al. The lowest BCUT2D eigenvalue weighted by Crippen LogP contribution is -2.13. The Hall–Kier alpha value is 0.532. The molecule has 0 bridgehead atoms. The molecule has 1 aliphatic heterocycles. The molecule has 1 saturated heterocycles. The minimum Gasteiger partial charge on any atom is -0.0967 e. The highest BCUT2D eigenvalue weighted by atomic mass is 27.2. The van der Waals surface area contributed by atoms with Crippen LogP contribution < -0.4 is 0 Å². The fourth-order valence-corrected chi connectivity index (χ4v) is 6.99. The third-order valence-corrected chi connectivity index (χ3v) is 8.22. The van der Waals surface area contributed by atoms with Crippen molar-refractivity contribution in [2.45, 2.75) is 81.6 Å². The van der Waals surface area contributed by atoms with Crippen LogP contribution in [0, 0.1) is 5.41 Å². The van der Waals surface area contributed by atoms with Gasteiger partial charge in [0.05, 0.1) is 0 Å². The molecule has 1 fully saturated rings. The first kappa shape index (κ1) is 13.6. The van der Waals surface area contributed by atoms with Crippen molar-refractivity contribution in [1.82, 2.24) is 0 Å². The predicted molar refractivity (Wildman–Crippen MR) is 71.9 cm³/mol. The first-order chi connectivity index (χ1) is 7.20. The molecule has 0 nitrogen and oxygen atoms in total. The Balaban J connectivity index is 2.10. The lowest BCUT2D eigenvalue weighted by molar-refractivity contribution is 0.323. The van der Waals surface area contributed by atoms with Gasteiger partial charge in [-0.05, 0) is 11.8 Å². The van der Waals surface area contributed by atoms with Gasteiger partial charge in [0.2, 0.25) is 0 Å². The molecule has 15 heavy (non-hydrogen) atoms. The van der Waals surface area contributed by atoms with Crippen molar-refractivity contribution in [3.05, 3.63) is 0 Å². The third kappa shape index (κ3) is 4.92. The minimum atomic E-state index is -0.250. The molecule has 0 saturated carbocycles. The van der Waals surface area contributed by atoms with Gasteiger partial charge in [0, 0.05) is 0 Å². The van der Waals surface area contributed by atoms with Crippen molar-refractivity contribution in [3.8, 4) is 0 Å². The van der Waals surface area contributed by atoms with Crippen LogP contribution in [0.2, 0.25) is 15.8 Å². The second-order valence-electron chi connectivity index (χ2n) is 5.99. The summed E-state index contributed by atoms with van der Waals surface area (Å²) in [6.45, 7) is 7.29. The number of rotatable bonds is 7. The van der Waals surface area contributed by atoms with Crippen LogP contribution in [0.3, 0.4) is 0 Å². The topological polar surface area (TPSA) is 0 Å². The van der Waals surface area contributed by atoms with Crippen LogP contribution in [0.25, 0.3) is 0 Å². The average Bonchev–Trinajstić information content (AvgIpc) is 2.61. The molecule has 0 aliphatic carbocycles. The Morgan fingerprint density at radius 2 is 1.80 bits per heavy atom. The molecule has 1 aliphatic rings. The van der Waals surface area contributed by atoms with Crippen molar-refractivity contribution in [3.63, 3.8) is 0 Å². The molecular weight excluding hydrogens is 195 g/mol. The summed E-state index contributed by atoms with van der Waals surface area (Å²) in [6.07, 6.45) is 10.4. The maximum absolute atomic E-state index is 2.56. The summed E-state index contributed by atoms with van der Waals surface area (Å²) in [5.74, 6) is 0. The summed E-state index contributed by atoms with van der Waals surface area (Å²) in [6, 6.07) is 0. The van der Waals surface area contributed by atoms with E-state index in [0.29, 0.717) is 0 Å². The summed E-state index contributed by atoms with van der Waals surface area (Å²) >= 11 is -0.250. The van der Waals surface area contributed by atoms with Crippen LogP contribution >= 0.6 is 0 Å². The zero-order valence-electron chi connectivity index (χ0n) is 11.1. The van der Waals surface area contributed by atoms with Gasteiger partial charge in [0.25, 0.3) is 14.1 Å². The largest absolute Gasteiger partial charge is 0.262 e. The van der Waals surface area contributed by atoms with Crippen molar-refractivity contribution >= 4 is 14.1 Å². The van der Waals surface area contributed by atoms with Crippen molar-refractivity contribution in [2.75, 3.05) is 0 Å². The SMILES string of the molecule is CCCCCCCC1(C)C[CH2][Al]([CH2]C)[CH2]1. The molecule has 0 N–H and O–H groups in total. The van der Waals surface area contributed by atoms with E-state index in [9.17, 15) is 0 Å². The van der Waals surface area contributed by atoms with E-state index >= 15 is 0 Å². The highest BCUT2D eigenvalue weighted by Gasteiger charge is 2.36. The van der Waals surface area contributed by atoms with E-state index in [0.717, 1.165) is 5.41 Å². The van der Waals surface area contributed by atoms with Crippen molar-refractivity contribution < 1.29 is 0 Å². The second kappa shape index (κ2) is 6.98. The van der Waals surface area contributed by atoms with Crippen LogP contribution in [0.5, 0.6) is 0 Å². The summed E-state index contributed by atoms with van der Waals surface area (Å²) in [5.41, 5.74) is 0.777. The van der Waals surface area contributed by atoms with Gasteiger partial charge in [-0.2, -0.15) is 0 Å². The molecule has 0 aromatic heterocycles. The third-order valence-electron chi connectivity index (χ3n) is 4.40. The van der Waals surface area contributed by atoms with Gasteiger partial charge >= 0.3 is 0 Å². The number of unbranched alkanes of at least 4 members (excludes halogenated alkanes) is 4. The van der Waals surface area contributed by atoms with Gasteiger partial charge in [-0.3, -0.25) is 0 Å². The first-order valence-electron chi connectivity index (χ1n) is 7.20. The standard InChI is InChI=1S/C12H24.C2H5.Al/c1-5-7-8-9-10-11-12(3,4)6-2;1-2;/h2-3,5-11H2,1,4H3;1H2,2H3;. The first-order valence-corrected chi connectivity index (χ1v) is 9.65. The lowest BCUT2D eigenvalue weighted by atomic mass is 9.84. The highest BCUT2D eigenvalue weighted by molar-refractivity contribution is 6.59. The van der Waals surface area contributed by atoms with Gasteiger partial charge < -0.3 is 0 Å². The fraction of sp³-hybridized carbons (Fsp3) is 1.00. The van der Waals surface area contributed by atoms with E-state index in [1.807, 2.05) is 0 Å². The maximum atomic E-state index is 2.56. The lowest BCUT2D eigenvalue weighted by Gasteiger charge is -2.24. The number of hydrogen-bond donors (Lipinski definition) is 0. The van der Waals surface area contributed by atoms with Crippen molar-refractivity contribution in [1.29, 1.82) is 0 Å². The van der Waals surface area contributed by atoms with E-state index in [4.69, 9.17) is 0 Å². The summed E-state index contributed by atoms with van der Waals surface area (Å²) in [5, 5.41) is 4.84. The minimum absolute atomic E-state index is 0.250. The Morgan fingerprint density at radius 3 is 2.40 bits per heavy atom. The molecule has 0 aromatic carbocycles. The molecule has 0 spiro atoms. The van der Waals surface area contributed by atoms with Gasteiger partial charge in [-0.1, -0.05) is 75.1 Å². The molecule has 0 amide bonds. The van der Waals surface area contributed by atoms with Gasteiger partial charge in [-0.25, -0.2) is 0 Å². The van der Waals surface area contributed by atoms with Crippen LogP contribution in [-0.4, -0.2) is 14.1 Å². The zero-order valence-corrected chi connectivity index (χ0v) is 12.3. The smallest absolute Gasteiger partial charge is 0.0967 e. The molecule has 1 rings (SSSR count). The summed E-state index contributed by atoms with van der Waals surface area (Å²) in [7, 11) is 0. The van der Waals surface area contributed by atoms with Gasteiger partial charge in [0.1, 0.15) is 0 Å². The molecule has 1 heteroatoms. The van der Waals surface area contributed by atoms with Gasteiger partial charge in [0.15, 0.2) is 0 Å². The Bertz CT molecular complexity index is 167. The van der Waals surface area contributed by atoms with Gasteiger partial charge in [-0.15, -0.1) is 0 Å². The quantitative estimate of drug-likeness (QED) is 0.408. The van der Waals surface area contributed by atoms with Crippen LogP contribution in [-0.2, 0) is 0 Å². The van der Waals surface area contributed by atoms with Crippen molar-refractivity contribution in [2.24, 2.45) is 5.41 Å². The number of hydrogen-bond acceptors (Lipinski definition) is 0. The zero-order chi connectivity index (χ0) is 11.1.